The van der Waals surface area contributed by atoms with Crippen LogP contribution in [-0.2, 0) is 15.5 Å². The molecule has 177 valence electrons. The van der Waals surface area contributed by atoms with E-state index in [4.69, 9.17) is 26.9 Å². The van der Waals surface area contributed by atoms with E-state index in [1.807, 2.05) is 0 Å². The summed E-state index contributed by atoms with van der Waals surface area (Å²) in [6.45, 7) is 17.7. The van der Waals surface area contributed by atoms with Crippen molar-refractivity contribution in [3.8, 4) is 0 Å². The summed E-state index contributed by atoms with van der Waals surface area (Å²) in [4.78, 5) is 0. The quantitative estimate of drug-likeness (QED) is 0.452. The van der Waals surface area contributed by atoms with Gasteiger partial charge in [0.05, 0.1) is 0 Å². The molecule has 0 spiro atoms. The first-order valence-corrected chi connectivity index (χ1v) is 11.4. The fraction of sp³-hybridized carbons (Fsp3) is 0.538. The molecule has 31 heavy (non-hydrogen) atoms. The summed E-state index contributed by atoms with van der Waals surface area (Å²) in [5.41, 5.74) is 22.6. The minimum absolute atomic E-state index is 0. The molecule has 0 atom stereocenters. The molecule has 2 nitrogen and oxygen atoms in total. The predicted molar refractivity (Wildman–Crippen MR) is 122 cm³/mol. The molecular formula is C26H39Br2N2Ni. The molecule has 4 N–H and O–H groups in total. The normalized spacial score (nSPS) is 20.4. The van der Waals surface area contributed by atoms with Gasteiger partial charge in [-0.15, -0.1) is 0 Å². The number of halogens is 2. The minimum atomic E-state index is 0. The summed E-state index contributed by atoms with van der Waals surface area (Å²) < 4.78 is 0.943. The van der Waals surface area contributed by atoms with Crippen LogP contribution < -0.4 is 45.4 Å². The van der Waals surface area contributed by atoms with Gasteiger partial charge in [-0.3, -0.25) is 0 Å². The molecule has 0 radical (unpaired) electrons. The molecule has 0 aromatic carbocycles. The van der Waals surface area contributed by atoms with Crippen molar-refractivity contribution in [1.29, 1.82) is 0 Å². The van der Waals surface area contributed by atoms with Crippen molar-refractivity contribution in [3.63, 3.8) is 0 Å². The Kier molecular flexibility index (Phi) is 12.5. The largest absolute Gasteiger partial charge is 1.00 e. The van der Waals surface area contributed by atoms with E-state index in [-0.39, 0.29) is 34.0 Å². The average molecular weight is 598 g/mol. The topological polar surface area (TPSA) is 52.0 Å². The van der Waals surface area contributed by atoms with Crippen molar-refractivity contribution >= 4 is 0 Å². The second kappa shape index (κ2) is 12.7. The smallest absolute Gasteiger partial charge is 1.00 e. The second-order valence-electron chi connectivity index (χ2n) is 9.46. The van der Waals surface area contributed by atoms with Crippen molar-refractivity contribution in [2.24, 2.45) is 35.1 Å². The molecule has 0 heterocycles. The van der Waals surface area contributed by atoms with Gasteiger partial charge in [-0.2, -0.15) is 0 Å². The van der Waals surface area contributed by atoms with Gasteiger partial charge in [0.1, 0.15) is 0 Å². The zero-order valence-corrected chi connectivity index (χ0v) is 24.3. The Morgan fingerprint density at radius 3 is 1.58 bits per heavy atom. The molecule has 0 amide bonds. The van der Waals surface area contributed by atoms with Crippen molar-refractivity contribution in [2.45, 2.75) is 68.2 Å². The van der Waals surface area contributed by atoms with Crippen LogP contribution in [-0.4, -0.2) is 0 Å². The second-order valence-corrected chi connectivity index (χ2v) is 10.00. The van der Waals surface area contributed by atoms with Crippen LogP contribution in [0.15, 0.2) is 67.6 Å². The van der Waals surface area contributed by atoms with E-state index in [2.05, 4.69) is 73.6 Å². The Balaban J connectivity index is 0.00000450. The van der Waals surface area contributed by atoms with Crippen LogP contribution in [0.25, 0.3) is 0 Å². The molecule has 5 heteroatoms. The van der Waals surface area contributed by atoms with Crippen LogP contribution in [0.5, 0.6) is 0 Å². The molecule has 0 aromatic heterocycles. The van der Waals surface area contributed by atoms with E-state index in [1.54, 1.807) is 0 Å². The molecule has 0 aliphatic heterocycles. The SMILES string of the molecule is CC(C)C1=CCC(=C[C]([Ni+2])=C2CC=C(C(C)C)C(N)=C2C(C)C)C(C(C)C)=C1N.[Br-].[Br-]. The number of rotatable bonds is 5. The van der Waals surface area contributed by atoms with Crippen LogP contribution in [0, 0.1) is 23.7 Å². The van der Waals surface area contributed by atoms with Gasteiger partial charge >= 0.3 is 186 Å². The molecule has 2 aliphatic rings. The Morgan fingerprint density at radius 2 is 1.16 bits per heavy atom. The summed E-state index contributed by atoms with van der Waals surface area (Å²) in [6.07, 6.45) is 8.51. The van der Waals surface area contributed by atoms with E-state index in [1.165, 1.54) is 33.4 Å². The monoisotopic (exact) mass is 595 g/mol. The first-order valence-electron chi connectivity index (χ1n) is 10.9. The molecule has 0 unspecified atom stereocenters. The van der Waals surface area contributed by atoms with Crippen molar-refractivity contribution in [2.75, 3.05) is 0 Å². The average Bonchev–Trinajstić information content (AvgIpc) is 2.59. The van der Waals surface area contributed by atoms with Gasteiger partial charge in [0.15, 0.2) is 0 Å². The van der Waals surface area contributed by atoms with Gasteiger partial charge < -0.3 is 34.0 Å². The van der Waals surface area contributed by atoms with Crippen LogP contribution in [0.3, 0.4) is 0 Å². The number of hydrogen-bond acceptors (Lipinski definition) is 2. The summed E-state index contributed by atoms with van der Waals surface area (Å²) >= 11 is 5.58. The van der Waals surface area contributed by atoms with E-state index >= 15 is 0 Å². The molecule has 0 saturated carbocycles. The molecule has 2 rings (SSSR count). The number of allylic oxidation sites excluding steroid dienone is 10. The van der Waals surface area contributed by atoms with Gasteiger partial charge in [-0.05, 0) is 0 Å². The Bertz CT molecular complexity index is 851. The summed E-state index contributed by atoms with van der Waals surface area (Å²) in [7, 11) is 0. The fourth-order valence-corrected chi connectivity index (χ4v) is 4.94. The van der Waals surface area contributed by atoms with Crippen molar-refractivity contribution in [1.82, 2.24) is 0 Å². The van der Waals surface area contributed by atoms with E-state index in [0.717, 1.165) is 28.8 Å². The van der Waals surface area contributed by atoms with Gasteiger partial charge in [0.25, 0.3) is 0 Å². The van der Waals surface area contributed by atoms with E-state index in [9.17, 15) is 0 Å². The van der Waals surface area contributed by atoms with Gasteiger partial charge in [-0.25, -0.2) is 0 Å². The van der Waals surface area contributed by atoms with Crippen LogP contribution in [0.2, 0.25) is 0 Å². The molecule has 0 bridgehead atoms. The van der Waals surface area contributed by atoms with Crippen molar-refractivity contribution < 1.29 is 49.4 Å². The standard InChI is InChI=1S/C26H39N2.2BrH.Ni/c1-15(2)21-13-11-19(23(17(5)6)25(21)27)9-10-20-12-14-22(16(3)4)26(28)24(20)18(7)8;;;/h9,13-18H,11-12,27-28H2,1-8H3;2*1H;/q;;;+2/p-2. The third kappa shape index (κ3) is 6.74. The molecule has 2 aliphatic carbocycles. The summed E-state index contributed by atoms with van der Waals surface area (Å²) in [6, 6.07) is 0. The Labute approximate surface area is 219 Å². The van der Waals surface area contributed by atoms with E-state index in [0.29, 0.717) is 23.7 Å². The summed E-state index contributed by atoms with van der Waals surface area (Å²) in [5, 5.41) is 0. The maximum Gasteiger partial charge on any atom is -1.00 e. The molecule has 0 fully saturated rings. The van der Waals surface area contributed by atoms with Crippen LogP contribution in [0.1, 0.15) is 68.2 Å². The zero-order valence-electron chi connectivity index (χ0n) is 20.2. The predicted octanol–water partition coefficient (Wildman–Crippen LogP) is 0.432. The van der Waals surface area contributed by atoms with Gasteiger partial charge in [0.2, 0.25) is 0 Å². The molecule has 0 saturated heterocycles. The van der Waals surface area contributed by atoms with Crippen LogP contribution in [0.4, 0.5) is 0 Å². The van der Waals surface area contributed by atoms with E-state index < -0.39 is 0 Å². The third-order valence-corrected chi connectivity index (χ3v) is 6.34. The fourth-order valence-electron chi connectivity index (χ4n) is 4.53. The summed E-state index contributed by atoms with van der Waals surface area (Å²) in [5.74, 6) is 1.57. The van der Waals surface area contributed by atoms with Gasteiger partial charge in [-0.1, -0.05) is 0 Å². The maximum atomic E-state index is 6.61. The maximum absolute atomic E-state index is 6.61. The van der Waals surface area contributed by atoms with Crippen LogP contribution >= 0.6 is 0 Å². The minimum Gasteiger partial charge on any atom is -1.00 e. The Morgan fingerprint density at radius 1 is 0.742 bits per heavy atom. The third-order valence-electron chi connectivity index (χ3n) is 5.90. The zero-order chi connectivity index (χ0) is 22.0. The number of hydrogen-bond donors (Lipinski definition) is 2. The van der Waals surface area contributed by atoms with Crippen molar-refractivity contribution in [3.05, 3.63) is 67.6 Å². The molecular weight excluding hydrogens is 559 g/mol. The number of nitrogens with two attached hydrogens (primary N) is 2. The van der Waals surface area contributed by atoms with Gasteiger partial charge in [0, 0.05) is 0 Å². The first kappa shape index (κ1) is 30.5. The Hall–Kier alpha value is -0.506. The first-order chi connectivity index (χ1) is 13.5. The molecule has 0 aromatic rings.